The molecule has 1 heterocycles. The number of rotatable bonds is 4. The van der Waals surface area contributed by atoms with Gasteiger partial charge in [0.25, 0.3) is 0 Å². The summed E-state index contributed by atoms with van der Waals surface area (Å²) >= 11 is 9.31. The molecular weight excluding hydrogens is 347 g/mol. The number of aromatic nitrogens is 2. The van der Waals surface area contributed by atoms with Crippen molar-refractivity contribution < 1.29 is 9.50 Å². The van der Waals surface area contributed by atoms with Gasteiger partial charge in [-0.05, 0) is 35.8 Å². The van der Waals surface area contributed by atoms with Crippen molar-refractivity contribution in [2.75, 3.05) is 0 Å². The third-order valence-electron chi connectivity index (χ3n) is 3.18. The van der Waals surface area contributed by atoms with Crippen molar-refractivity contribution in [1.29, 1.82) is 0 Å². The first kappa shape index (κ1) is 15.5. The molecule has 1 atom stereocenters. The SMILES string of the molecule is CCn1nc(C)c(Cl)c1CC(O)c1cccc(Br)c1F. The Morgan fingerprint density at radius 2 is 2.20 bits per heavy atom. The molecule has 1 unspecified atom stereocenters. The summed E-state index contributed by atoms with van der Waals surface area (Å²) in [5.41, 5.74) is 1.68. The molecule has 2 aromatic rings. The fraction of sp³-hybridized carbons (Fsp3) is 0.357. The number of aliphatic hydroxyl groups is 1. The van der Waals surface area contributed by atoms with E-state index in [4.69, 9.17) is 11.6 Å². The molecule has 1 N–H and O–H groups in total. The third-order valence-corrected chi connectivity index (χ3v) is 4.28. The normalized spacial score (nSPS) is 12.7. The minimum absolute atomic E-state index is 0.223. The number of nitrogens with zero attached hydrogens (tertiary/aromatic N) is 2. The van der Waals surface area contributed by atoms with E-state index in [1.165, 1.54) is 0 Å². The summed E-state index contributed by atoms with van der Waals surface area (Å²) in [6.45, 7) is 4.40. The molecule has 6 heteroatoms. The highest BCUT2D eigenvalue weighted by Gasteiger charge is 2.20. The van der Waals surface area contributed by atoms with Gasteiger partial charge in [0.05, 0.1) is 27.0 Å². The van der Waals surface area contributed by atoms with E-state index in [-0.39, 0.29) is 12.0 Å². The van der Waals surface area contributed by atoms with E-state index in [1.54, 1.807) is 22.9 Å². The fourth-order valence-electron chi connectivity index (χ4n) is 2.13. The van der Waals surface area contributed by atoms with Crippen LogP contribution in [0.3, 0.4) is 0 Å². The summed E-state index contributed by atoms with van der Waals surface area (Å²) in [7, 11) is 0. The maximum atomic E-state index is 14.0. The summed E-state index contributed by atoms with van der Waals surface area (Å²) in [4.78, 5) is 0. The predicted octanol–water partition coefficient (Wildman–Crippen LogP) is 4.04. The average molecular weight is 362 g/mol. The summed E-state index contributed by atoms with van der Waals surface area (Å²) in [5, 5.41) is 15.1. The number of aliphatic hydroxyl groups excluding tert-OH is 1. The summed E-state index contributed by atoms with van der Waals surface area (Å²) in [6, 6.07) is 4.85. The fourth-order valence-corrected chi connectivity index (χ4v) is 2.73. The first-order valence-corrected chi connectivity index (χ1v) is 7.46. The van der Waals surface area contributed by atoms with Crippen molar-refractivity contribution in [2.24, 2.45) is 0 Å². The first-order chi connectivity index (χ1) is 9.45. The smallest absolute Gasteiger partial charge is 0.143 e. The lowest BCUT2D eigenvalue weighted by Crippen LogP contribution is -2.10. The first-order valence-electron chi connectivity index (χ1n) is 6.29. The van der Waals surface area contributed by atoms with Gasteiger partial charge in [0.2, 0.25) is 0 Å². The van der Waals surface area contributed by atoms with Gasteiger partial charge >= 0.3 is 0 Å². The largest absolute Gasteiger partial charge is 0.388 e. The molecule has 0 amide bonds. The number of halogens is 3. The Labute approximate surface area is 130 Å². The Hall–Kier alpha value is -0.910. The Kier molecular flexibility index (Phi) is 4.83. The number of hydrogen-bond acceptors (Lipinski definition) is 2. The van der Waals surface area contributed by atoms with Gasteiger partial charge in [-0.1, -0.05) is 23.7 Å². The molecular formula is C14H15BrClFN2O. The van der Waals surface area contributed by atoms with Crippen LogP contribution in [0, 0.1) is 12.7 Å². The lowest BCUT2D eigenvalue weighted by Gasteiger charge is -2.14. The molecule has 0 aliphatic carbocycles. The van der Waals surface area contributed by atoms with Gasteiger partial charge in [-0.15, -0.1) is 0 Å². The molecule has 108 valence electrons. The van der Waals surface area contributed by atoms with Gasteiger partial charge in [-0.2, -0.15) is 5.10 Å². The Bertz CT molecular complexity index is 630. The van der Waals surface area contributed by atoms with Crippen LogP contribution in [-0.2, 0) is 13.0 Å². The lowest BCUT2D eigenvalue weighted by molar-refractivity contribution is 0.170. The average Bonchev–Trinajstić information content (AvgIpc) is 2.69. The monoisotopic (exact) mass is 360 g/mol. The van der Waals surface area contributed by atoms with Crippen LogP contribution in [0.1, 0.15) is 30.0 Å². The van der Waals surface area contributed by atoms with E-state index in [1.807, 2.05) is 13.8 Å². The number of aryl methyl sites for hydroxylation is 2. The van der Waals surface area contributed by atoms with E-state index in [0.29, 0.717) is 21.7 Å². The summed E-state index contributed by atoms with van der Waals surface area (Å²) in [5.74, 6) is -0.449. The van der Waals surface area contributed by atoms with E-state index in [2.05, 4.69) is 21.0 Å². The third kappa shape index (κ3) is 2.90. The van der Waals surface area contributed by atoms with Gasteiger partial charge in [-0.25, -0.2) is 4.39 Å². The van der Waals surface area contributed by atoms with Crippen LogP contribution in [0.5, 0.6) is 0 Å². The maximum Gasteiger partial charge on any atom is 0.143 e. The van der Waals surface area contributed by atoms with Gasteiger partial charge in [0.15, 0.2) is 0 Å². The second kappa shape index (κ2) is 6.24. The van der Waals surface area contributed by atoms with Crippen molar-refractivity contribution in [3.8, 4) is 0 Å². The Morgan fingerprint density at radius 1 is 1.50 bits per heavy atom. The van der Waals surface area contributed by atoms with Crippen molar-refractivity contribution in [2.45, 2.75) is 32.9 Å². The molecule has 20 heavy (non-hydrogen) atoms. The Balaban J connectivity index is 2.32. The van der Waals surface area contributed by atoms with E-state index >= 15 is 0 Å². The van der Waals surface area contributed by atoms with Crippen molar-refractivity contribution in [3.63, 3.8) is 0 Å². The summed E-state index contributed by atoms with van der Waals surface area (Å²) in [6.07, 6.45) is -0.743. The topological polar surface area (TPSA) is 38.0 Å². The van der Waals surface area contributed by atoms with Crippen LogP contribution in [0.4, 0.5) is 4.39 Å². The highest BCUT2D eigenvalue weighted by atomic mass is 79.9. The van der Waals surface area contributed by atoms with Crippen LogP contribution in [0.25, 0.3) is 0 Å². The quantitative estimate of drug-likeness (QED) is 0.892. The second-order valence-corrected chi connectivity index (χ2v) is 5.76. The van der Waals surface area contributed by atoms with Crippen LogP contribution < -0.4 is 0 Å². The van der Waals surface area contributed by atoms with E-state index in [0.717, 1.165) is 5.69 Å². The van der Waals surface area contributed by atoms with Crippen molar-refractivity contribution in [1.82, 2.24) is 9.78 Å². The zero-order valence-electron chi connectivity index (χ0n) is 11.2. The maximum absolute atomic E-state index is 14.0. The molecule has 1 aromatic heterocycles. The number of benzene rings is 1. The molecule has 0 saturated heterocycles. The van der Waals surface area contributed by atoms with Gasteiger partial charge < -0.3 is 5.11 Å². The molecule has 0 fully saturated rings. The standard InChI is InChI=1S/C14H15BrClFN2O/c1-3-19-11(13(16)8(2)18-19)7-12(20)9-5-4-6-10(15)14(9)17/h4-6,12,20H,3,7H2,1-2H3. The zero-order valence-corrected chi connectivity index (χ0v) is 13.5. The Morgan fingerprint density at radius 3 is 2.85 bits per heavy atom. The zero-order chi connectivity index (χ0) is 14.9. The van der Waals surface area contributed by atoms with Crippen LogP contribution in [0.2, 0.25) is 5.02 Å². The molecule has 0 aliphatic heterocycles. The molecule has 0 radical (unpaired) electrons. The molecule has 0 saturated carbocycles. The molecule has 1 aromatic carbocycles. The second-order valence-electron chi connectivity index (χ2n) is 4.52. The number of hydrogen-bond donors (Lipinski definition) is 1. The van der Waals surface area contributed by atoms with Crippen LogP contribution >= 0.6 is 27.5 Å². The van der Waals surface area contributed by atoms with Gasteiger partial charge in [0, 0.05) is 18.5 Å². The van der Waals surface area contributed by atoms with Crippen LogP contribution in [0.15, 0.2) is 22.7 Å². The van der Waals surface area contributed by atoms with Crippen molar-refractivity contribution in [3.05, 3.63) is 50.5 Å². The summed E-state index contributed by atoms with van der Waals surface area (Å²) < 4.78 is 16.0. The molecule has 2 rings (SSSR count). The van der Waals surface area contributed by atoms with E-state index in [9.17, 15) is 9.50 Å². The molecule has 0 bridgehead atoms. The molecule has 3 nitrogen and oxygen atoms in total. The highest BCUT2D eigenvalue weighted by molar-refractivity contribution is 9.10. The minimum atomic E-state index is -0.966. The lowest BCUT2D eigenvalue weighted by atomic mass is 10.0. The van der Waals surface area contributed by atoms with Gasteiger partial charge in [0.1, 0.15) is 5.82 Å². The van der Waals surface area contributed by atoms with Crippen LogP contribution in [-0.4, -0.2) is 14.9 Å². The highest BCUT2D eigenvalue weighted by Crippen LogP contribution is 2.29. The predicted molar refractivity (Wildman–Crippen MR) is 80.4 cm³/mol. The molecule has 0 aliphatic rings. The van der Waals surface area contributed by atoms with Crippen molar-refractivity contribution >= 4 is 27.5 Å². The molecule has 0 spiro atoms. The van der Waals surface area contributed by atoms with E-state index < -0.39 is 11.9 Å². The minimum Gasteiger partial charge on any atom is -0.388 e. The van der Waals surface area contributed by atoms with Gasteiger partial charge in [-0.3, -0.25) is 4.68 Å².